The molecule has 0 bridgehead atoms. The summed E-state index contributed by atoms with van der Waals surface area (Å²) in [5.41, 5.74) is 0. The molecule has 1 aliphatic rings. The number of hydrogen-bond donors (Lipinski definition) is 0. The number of halogens is 3. The van der Waals surface area contributed by atoms with Crippen molar-refractivity contribution in [3.05, 3.63) is 16.8 Å². The van der Waals surface area contributed by atoms with E-state index in [-0.39, 0.29) is 0 Å². The molecule has 0 heterocycles. The molecule has 15 heavy (non-hydrogen) atoms. The van der Waals surface area contributed by atoms with Crippen molar-refractivity contribution < 1.29 is 4.43 Å². The second-order valence-electron chi connectivity index (χ2n) is 4.53. The van der Waals surface area contributed by atoms with Crippen LogP contribution in [0.4, 0.5) is 0 Å². The molecule has 1 unspecified atom stereocenters. The lowest BCUT2D eigenvalue weighted by molar-refractivity contribution is 0.295. The standard InChI is InChI=1S/C10H15I3OSi/c1-15(2,3)14-5-4-7-6-8(11)10(13)9(7)12/h6-7H,4-5H2,1-3H3. The van der Waals surface area contributed by atoms with E-state index >= 15 is 0 Å². The van der Waals surface area contributed by atoms with Crippen molar-refractivity contribution in [3.63, 3.8) is 0 Å². The van der Waals surface area contributed by atoms with Crippen LogP contribution in [0.1, 0.15) is 6.42 Å². The van der Waals surface area contributed by atoms with E-state index in [4.69, 9.17) is 4.43 Å². The van der Waals surface area contributed by atoms with Crippen LogP contribution in [0.25, 0.3) is 0 Å². The van der Waals surface area contributed by atoms with Gasteiger partial charge in [0.25, 0.3) is 0 Å². The minimum Gasteiger partial charge on any atom is -0.418 e. The van der Waals surface area contributed by atoms with Crippen molar-refractivity contribution in [1.82, 2.24) is 0 Å². The average Bonchev–Trinajstić information content (AvgIpc) is 2.32. The van der Waals surface area contributed by atoms with Crippen LogP contribution in [0.15, 0.2) is 16.8 Å². The summed E-state index contributed by atoms with van der Waals surface area (Å²) in [6.45, 7) is 7.63. The Labute approximate surface area is 134 Å². The highest BCUT2D eigenvalue weighted by atomic mass is 127. The van der Waals surface area contributed by atoms with Gasteiger partial charge >= 0.3 is 0 Å². The third-order valence-electron chi connectivity index (χ3n) is 2.06. The van der Waals surface area contributed by atoms with Gasteiger partial charge in [-0.3, -0.25) is 0 Å². The van der Waals surface area contributed by atoms with Crippen LogP contribution < -0.4 is 0 Å². The van der Waals surface area contributed by atoms with E-state index in [0.29, 0.717) is 5.92 Å². The Kier molecular flexibility index (Phi) is 6.10. The van der Waals surface area contributed by atoms with Crippen LogP contribution in [-0.2, 0) is 4.43 Å². The minimum absolute atomic E-state index is 0.598. The first-order valence-electron chi connectivity index (χ1n) is 4.88. The molecule has 0 saturated carbocycles. The zero-order valence-corrected chi connectivity index (χ0v) is 16.6. The van der Waals surface area contributed by atoms with E-state index in [2.05, 4.69) is 93.5 Å². The zero-order chi connectivity index (χ0) is 11.6. The van der Waals surface area contributed by atoms with Crippen LogP contribution in [0, 0.1) is 5.92 Å². The maximum Gasteiger partial charge on any atom is 0.183 e. The second kappa shape index (κ2) is 6.14. The lowest BCUT2D eigenvalue weighted by Gasteiger charge is -2.18. The molecule has 0 aromatic carbocycles. The van der Waals surface area contributed by atoms with Crippen molar-refractivity contribution in [2.24, 2.45) is 5.92 Å². The SMILES string of the molecule is C[Si](C)(C)OCCC1C=C(I)C(I)=C1I. The summed E-state index contributed by atoms with van der Waals surface area (Å²) in [6.07, 6.45) is 3.49. The normalized spacial score (nSPS) is 22.3. The average molecular weight is 560 g/mol. The van der Waals surface area contributed by atoms with E-state index in [9.17, 15) is 0 Å². The Morgan fingerprint density at radius 1 is 1.27 bits per heavy atom. The van der Waals surface area contributed by atoms with Crippen molar-refractivity contribution in [2.75, 3.05) is 6.61 Å². The number of rotatable bonds is 4. The largest absolute Gasteiger partial charge is 0.418 e. The molecule has 1 atom stereocenters. The van der Waals surface area contributed by atoms with Gasteiger partial charge in [0, 0.05) is 23.3 Å². The first kappa shape index (κ1) is 14.9. The van der Waals surface area contributed by atoms with Crippen LogP contribution in [-0.4, -0.2) is 14.9 Å². The van der Waals surface area contributed by atoms with E-state index < -0.39 is 8.32 Å². The summed E-state index contributed by atoms with van der Waals surface area (Å²) in [5, 5.41) is 0. The molecule has 0 saturated heterocycles. The zero-order valence-electron chi connectivity index (χ0n) is 9.11. The molecule has 1 nitrogen and oxygen atoms in total. The number of hydrogen-bond acceptors (Lipinski definition) is 1. The fourth-order valence-corrected chi connectivity index (χ4v) is 4.63. The molecule has 1 aliphatic carbocycles. The van der Waals surface area contributed by atoms with E-state index in [0.717, 1.165) is 13.0 Å². The van der Waals surface area contributed by atoms with Crippen molar-refractivity contribution in [3.8, 4) is 0 Å². The highest BCUT2D eigenvalue weighted by Crippen LogP contribution is 2.43. The van der Waals surface area contributed by atoms with E-state index in [1.807, 2.05) is 0 Å². The topological polar surface area (TPSA) is 9.23 Å². The molecule has 0 fully saturated rings. The molecule has 0 aromatic rings. The summed E-state index contributed by atoms with van der Waals surface area (Å²) < 4.78 is 10.2. The molecule has 1 rings (SSSR count). The van der Waals surface area contributed by atoms with Crippen LogP contribution >= 0.6 is 67.8 Å². The van der Waals surface area contributed by atoms with Crippen LogP contribution in [0.3, 0.4) is 0 Å². The van der Waals surface area contributed by atoms with Gasteiger partial charge in [0.05, 0.1) is 0 Å². The Morgan fingerprint density at radius 2 is 1.87 bits per heavy atom. The molecular formula is C10H15I3OSi. The van der Waals surface area contributed by atoms with Gasteiger partial charge in [0.15, 0.2) is 8.32 Å². The lowest BCUT2D eigenvalue weighted by Crippen LogP contribution is -2.26. The molecule has 0 aromatic heterocycles. The predicted molar refractivity (Wildman–Crippen MR) is 94.6 cm³/mol. The summed E-state index contributed by atoms with van der Waals surface area (Å²) in [5.74, 6) is 0.598. The van der Waals surface area contributed by atoms with Crippen LogP contribution in [0.5, 0.6) is 0 Å². The highest BCUT2D eigenvalue weighted by Gasteiger charge is 2.22. The predicted octanol–water partition coefficient (Wildman–Crippen LogP) is 5.26. The van der Waals surface area contributed by atoms with Gasteiger partial charge in [-0.25, -0.2) is 0 Å². The summed E-state index contributed by atoms with van der Waals surface area (Å²) in [6, 6.07) is 0. The lowest BCUT2D eigenvalue weighted by atomic mass is 10.1. The van der Waals surface area contributed by atoms with Crippen molar-refractivity contribution in [1.29, 1.82) is 0 Å². The highest BCUT2D eigenvalue weighted by molar-refractivity contribution is 14.1. The minimum atomic E-state index is -1.33. The van der Waals surface area contributed by atoms with Gasteiger partial charge in [-0.2, -0.15) is 0 Å². The Hall–Kier alpha value is 1.85. The van der Waals surface area contributed by atoms with Gasteiger partial charge in [-0.1, -0.05) is 6.08 Å². The molecule has 0 N–H and O–H groups in total. The molecule has 0 radical (unpaired) electrons. The molecule has 0 aliphatic heterocycles. The van der Waals surface area contributed by atoms with Crippen molar-refractivity contribution in [2.45, 2.75) is 26.1 Å². The Morgan fingerprint density at radius 3 is 2.27 bits per heavy atom. The van der Waals surface area contributed by atoms with E-state index in [1.54, 1.807) is 0 Å². The third kappa shape index (κ3) is 4.92. The van der Waals surface area contributed by atoms with Gasteiger partial charge in [-0.15, -0.1) is 0 Å². The number of allylic oxidation sites excluding steroid dienone is 4. The molecular weight excluding hydrogens is 545 g/mol. The van der Waals surface area contributed by atoms with Crippen LogP contribution in [0.2, 0.25) is 19.6 Å². The van der Waals surface area contributed by atoms with Gasteiger partial charge < -0.3 is 4.43 Å². The summed E-state index contributed by atoms with van der Waals surface area (Å²) in [4.78, 5) is 0. The summed E-state index contributed by atoms with van der Waals surface area (Å²) in [7, 11) is -1.33. The van der Waals surface area contributed by atoms with Crippen molar-refractivity contribution >= 4 is 76.1 Å². The van der Waals surface area contributed by atoms with Gasteiger partial charge in [0.1, 0.15) is 0 Å². The third-order valence-corrected chi connectivity index (χ3v) is 8.59. The fourth-order valence-electron chi connectivity index (χ4n) is 1.30. The second-order valence-corrected chi connectivity index (χ2v) is 12.4. The smallest absolute Gasteiger partial charge is 0.183 e. The maximum atomic E-state index is 5.89. The first-order chi connectivity index (χ1) is 6.81. The molecule has 0 spiro atoms. The first-order valence-corrected chi connectivity index (χ1v) is 11.5. The monoisotopic (exact) mass is 560 g/mol. The van der Waals surface area contributed by atoms with E-state index in [1.165, 1.54) is 10.7 Å². The quantitative estimate of drug-likeness (QED) is 0.337. The molecule has 0 amide bonds. The Balaban J connectivity index is 2.43. The summed E-state index contributed by atoms with van der Waals surface area (Å²) >= 11 is 7.31. The Bertz CT molecular complexity index is 304. The molecule has 5 heteroatoms. The molecule has 86 valence electrons. The fraction of sp³-hybridized carbons (Fsp3) is 0.600. The maximum absolute atomic E-state index is 5.89. The van der Waals surface area contributed by atoms with Gasteiger partial charge in [-0.05, 0) is 93.8 Å². The van der Waals surface area contributed by atoms with Gasteiger partial charge in [0.2, 0.25) is 0 Å².